The smallest absolute Gasteiger partial charge is 0.375 e. The van der Waals surface area contributed by atoms with Crippen LogP contribution in [0.5, 0.6) is 0 Å². The number of piperidine rings is 3. The quantitative estimate of drug-likeness (QED) is 0.538. The largest absolute Gasteiger partial charge is 0.457 e. The summed E-state index contributed by atoms with van der Waals surface area (Å²) in [5.74, 6) is 0.977. The van der Waals surface area contributed by atoms with Crippen LogP contribution < -0.4 is 4.90 Å². The Morgan fingerprint density at radius 2 is 2.17 bits per heavy atom. The first-order valence-electron chi connectivity index (χ1n) is 10.3. The zero-order valence-electron chi connectivity index (χ0n) is 16.3. The van der Waals surface area contributed by atoms with Gasteiger partial charge >= 0.3 is 5.97 Å². The summed E-state index contributed by atoms with van der Waals surface area (Å²) in [7, 11) is 0. The molecule has 3 aliphatic rings. The van der Waals surface area contributed by atoms with Crippen LogP contribution in [0.1, 0.15) is 35.1 Å². The van der Waals surface area contributed by atoms with Gasteiger partial charge in [0.25, 0.3) is 0 Å². The molecular weight excluding hydrogens is 364 g/mol. The average Bonchev–Trinajstić information content (AvgIpc) is 3.32. The van der Waals surface area contributed by atoms with E-state index >= 15 is 0 Å². The predicted octanol–water partition coefficient (Wildman–Crippen LogP) is 3.21. The molecule has 5 heterocycles. The SMILES string of the molecule is C=C[C@H]1C[NH+]2CC[C@H]1C[C@@H]2[C@H](OC(=O)c1ccco1)c1ccnc2ccccc12. The summed E-state index contributed by atoms with van der Waals surface area (Å²) in [4.78, 5) is 18.8. The summed E-state index contributed by atoms with van der Waals surface area (Å²) >= 11 is 0. The number of ether oxygens (including phenoxy) is 1. The standard InChI is InChI=1S/C24H24N2O3/c1-2-16-15-26-12-10-17(16)14-21(26)23(29-24(27)22-8-5-13-28-22)19-9-11-25-20-7-4-3-6-18(19)20/h2-9,11,13,16-17,21,23H,1,10,12,14-15H2/p+1/t16-,17-,21+,23+/m0/s1. The van der Waals surface area contributed by atoms with Crippen molar-refractivity contribution in [2.24, 2.45) is 11.8 Å². The van der Waals surface area contributed by atoms with Crippen LogP contribution >= 0.6 is 0 Å². The van der Waals surface area contributed by atoms with Gasteiger partial charge in [0.15, 0.2) is 6.10 Å². The molecule has 1 N–H and O–H groups in total. The minimum absolute atomic E-state index is 0.217. The van der Waals surface area contributed by atoms with Crippen LogP contribution in [0.25, 0.3) is 10.9 Å². The molecule has 0 radical (unpaired) electrons. The fraction of sp³-hybridized carbons (Fsp3) is 0.333. The van der Waals surface area contributed by atoms with Crippen LogP contribution in [-0.2, 0) is 4.74 Å². The highest BCUT2D eigenvalue weighted by atomic mass is 16.6. The topological polar surface area (TPSA) is 56.8 Å². The molecule has 1 aromatic carbocycles. The molecule has 3 fully saturated rings. The number of hydrogen-bond donors (Lipinski definition) is 1. The molecule has 148 valence electrons. The third-order valence-corrected chi connectivity index (χ3v) is 6.63. The first-order chi connectivity index (χ1) is 14.2. The van der Waals surface area contributed by atoms with Crippen molar-refractivity contribution in [3.05, 3.63) is 78.9 Å². The molecule has 5 nitrogen and oxygen atoms in total. The van der Waals surface area contributed by atoms with Gasteiger partial charge in [-0.3, -0.25) is 4.98 Å². The van der Waals surface area contributed by atoms with E-state index in [1.54, 1.807) is 12.1 Å². The number of hydrogen-bond acceptors (Lipinski definition) is 4. The summed E-state index contributed by atoms with van der Waals surface area (Å²) < 4.78 is 11.4. The average molecular weight is 389 g/mol. The summed E-state index contributed by atoms with van der Waals surface area (Å²) in [6.07, 6.45) is 7.30. The number of benzene rings is 1. The fourth-order valence-corrected chi connectivity index (χ4v) is 5.19. The first-order valence-corrected chi connectivity index (χ1v) is 10.3. The van der Waals surface area contributed by atoms with E-state index in [1.165, 1.54) is 17.6 Å². The van der Waals surface area contributed by atoms with Crippen molar-refractivity contribution in [3.63, 3.8) is 0 Å². The van der Waals surface area contributed by atoms with Crippen LogP contribution in [0.4, 0.5) is 0 Å². The van der Waals surface area contributed by atoms with E-state index in [4.69, 9.17) is 9.15 Å². The van der Waals surface area contributed by atoms with Crippen molar-refractivity contribution in [1.29, 1.82) is 0 Å². The molecular formula is C24H25N2O3+. The van der Waals surface area contributed by atoms with E-state index in [0.717, 1.165) is 36.0 Å². The third-order valence-electron chi connectivity index (χ3n) is 6.63. The minimum atomic E-state index is -0.414. The van der Waals surface area contributed by atoms with Gasteiger partial charge in [-0.2, -0.15) is 0 Å². The van der Waals surface area contributed by atoms with E-state index in [0.29, 0.717) is 11.8 Å². The number of rotatable bonds is 5. The molecule has 5 atom stereocenters. The van der Waals surface area contributed by atoms with Gasteiger partial charge in [-0.05, 0) is 30.2 Å². The number of nitrogens with zero attached hydrogens (tertiary/aromatic N) is 1. The van der Waals surface area contributed by atoms with Crippen LogP contribution in [0.3, 0.4) is 0 Å². The molecule has 3 aliphatic heterocycles. The van der Waals surface area contributed by atoms with Crippen LogP contribution in [0.15, 0.2) is 72.0 Å². The monoisotopic (exact) mass is 389 g/mol. The molecule has 5 heteroatoms. The maximum absolute atomic E-state index is 12.8. The molecule has 2 bridgehead atoms. The number of aromatic nitrogens is 1. The molecule has 3 aromatic rings. The highest BCUT2D eigenvalue weighted by molar-refractivity contribution is 5.87. The molecule has 29 heavy (non-hydrogen) atoms. The van der Waals surface area contributed by atoms with E-state index in [-0.39, 0.29) is 17.9 Å². The maximum atomic E-state index is 12.8. The van der Waals surface area contributed by atoms with Gasteiger partial charge in [0, 0.05) is 35.9 Å². The van der Waals surface area contributed by atoms with Gasteiger partial charge in [0.2, 0.25) is 5.76 Å². The molecule has 6 rings (SSSR count). The molecule has 3 saturated heterocycles. The lowest BCUT2D eigenvalue weighted by molar-refractivity contribution is -0.949. The van der Waals surface area contributed by atoms with Gasteiger partial charge in [-0.25, -0.2) is 4.79 Å². The number of nitrogens with one attached hydrogen (secondary N) is 1. The van der Waals surface area contributed by atoms with E-state index < -0.39 is 5.97 Å². The van der Waals surface area contributed by atoms with Crippen molar-refractivity contribution in [2.45, 2.75) is 25.0 Å². The van der Waals surface area contributed by atoms with Gasteiger partial charge in [-0.15, -0.1) is 6.58 Å². The number of esters is 1. The number of furan rings is 1. The third kappa shape index (κ3) is 3.25. The molecule has 0 amide bonds. The lowest BCUT2D eigenvalue weighted by atomic mass is 9.73. The lowest BCUT2D eigenvalue weighted by Gasteiger charge is -2.48. The number of carbonyl (C=O) groups excluding carboxylic acids is 1. The molecule has 2 aromatic heterocycles. The summed E-state index contributed by atoms with van der Waals surface area (Å²) in [5.41, 5.74) is 1.94. The molecule has 1 unspecified atom stereocenters. The van der Waals surface area contributed by atoms with Crippen LogP contribution in [0.2, 0.25) is 0 Å². The highest BCUT2D eigenvalue weighted by Gasteiger charge is 2.47. The highest BCUT2D eigenvalue weighted by Crippen LogP contribution is 2.36. The Balaban J connectivity index is 1.55. The lowest BCUT2D eigenvalue weighted by Crippen LogP contribution is -3.20. The van der Waals surface area contributed by atoms with E-state index in [2.05, 4.69) is 23.7 Å². The minimum Gasteiger partial charge on any atom is -0.457 e. The summed E-state index contributed by atoms with van der Waals surface area (Å²) in [5, 5.41) is 1.04. The zero-order valence-corrected chi connectivity index (χ0v) is 16.3. The van der Waals surface area contributed by atoms with Crippen molar-refractivity contribution in [3.8, 4) is 0 Å². The Morgan fingerprint density at radius 3 is 2.93 bits per heavy atom. The van der Waals surface area contributed by atoms with Gasteiger partial charge in [0.1, 0.15) is 6.04 Å². The van der Waals surface area contributed by atoms with Gasteiger partial charge in [-0.1, -0.05) is 24.3 Å². The fourth-order valence-electron chi connectivity index (χ4n) is 5.19. The maximum Gasteiger partial charge on any atom is 0.375 e. The Kier molecular flexibility index (Phi) is 4.68. The van der Waals surface area contributed by atoms with E-state index in [9.17, 15) is 4.79 Å². The molecule has 0 spiro atoms. The van der Waals surface area contributed by atoms with Crippen molar-refractivity contribution >= 4 is 16.9 Å². The zero-order chi connectivity index (χ0) is 19.8. The number of fused-ring (bicyclic) bond motifs is 4. The van der Waals surface area contributed by atoms with Crippen LogP contribution in [-0.4, -0.2) is 30.1 Å². The van der Waals surface area contributed by atoms with Crippen LogP contribution in [0, 0.1) is 11.8 Å². The summed E-state index contributed by atoms with van der Waals surface area (Å²) in [6.45, 7) is 6.20. The Labute approximate surface area is 170 Å². The second kappa shape index (κ2) is 7.48. The molecule has 0 saturated carbocycles. The Morgan fingerprint density at radius 1 is 1.28 bits per heavy atom. The second-order valence-corrected chi connectivity index (χ2v) is 8.12. The van der Waals surface area contributed by atoms with Crippen molar-refractivity contribution in [1.82, 2.24) is 4.98 Å². The first kappa shape index (κ1) is 18.1. The van der Waals surface area contributed by atoms with Crippen molar-refractivity contribution in [2.75, 3.05) is 13.1 Å². The van der Waals surface area contributed by atoms with Gasteiger partial charge in [0.05, 0.1) is 24.9 Å². The predicted molar refractivity (Wildman–Crippen MR) is 110 cm³/mol. The molecule has 0 aliphatic carbocycles. The number of para-hydroxylation sites is 1. The van der Waals surface area contributed by atoms with E-state index in [1.807, 2.05) is 30.5 Å². The van der Waals surface area contributed by atoms with Crippen molar-refractivity contribution < 1.29 is 18.8 Å². The Hall–Kier alpha value is -2.92. The normalized spacial score (nSPS) is 26.9. The number of pyridine rings is 1. The Bertz CT molecular complexity index is 1020. The number of carbonyl (C=O) groups is 1. The second-order valence-electron chi connectivity index (χ2n) is 8.12. The van der Waals surface area contributed by atoms with Gasteiger partial charge < -0.3 is 14.1 Å². The summed E-state index contributed by atoms with van der Waals surface area (Å²) in [6, 6.07) is 13.6. The number of quaternary nitrogens is 1.